The summed E-state index contributed by atoms with van der Waals surface area (Å²) in [7, 11) is 0. The van der Waals surface area contributed by atoms with Crippen LogP contribution in [0.3, 0.4) is 0 Å². The Bertz CT molecular complexity index is 1450. The predicted octanol–water partition coefficient (Wildman–Crippen LogP) is 4.30. The van der Waals surface area contributed by atoms with Crippen LogP contribution in [-0.4, -0.2) is 28.3 Å². The maximum Gasteiger partial charge on any atom is 0.359 e. The van der Waals surface area contributed by atoms with Gasteiger partial charge in [0.25, 0.3) is 5.91 Å². The minimum Gasteiger partial charge on any atom is -0.451 e. The maximum absolute atomic E-state index is 13.4. The first kappa shape index (κ1) is 21.4. The second kappa shape index (κ2) is 8.83. The van der Waals surface area contributed by atoms with Gasteiger partial charge in [-0.3, -0.25) is 4.79 Å². The highest BCUT2D eigenvalue weighted by atomic mass is 19.1. The van der Waals surface area contributed by atoms with E-state index in [0.29, 0.717) is 23.1 Å². The third-order valence-corrected chi connectivity index (χ3v) is 5.74. The molecular formula is C25H19FN4O4. The molecular weight excluding hydrogens is 439 g/mol. The Labute approximate surface area is 193 Å². The van der Waals surface area contributed by atoms with E-state index in [4.69, 9.17) is 9.15 Å². The minimum atomic E-state index is -0.716. The summed E-state index contributed by atoms with van der Waals surface area (Å²) >= 11 is 0. The van der Waals surface area contributed by atoms with Crippen LogP contribution in [0.25, 0.3) is 16.7 Å². The van der Waals surface area contributed by atoms with Gasteiger partial charge in [0.15, 0.2) is 12.3 Å². The molecule has 0 aliphatic heterocycles. The molecule has 8 nitrogen and oxygen atoms in total. The number of nitriles is 1. The lowest BCUT2D eigenvalue weighted by atomic mass is 9.95. The van der Waals surface area contributed by atoms with Gasteiger partial charge in [0.1, 0.15) is 23.2 Å². The van der Waals surface area contributed by atoms with Crippen LogP contribution in [-0.2, 0) is 22.4 Å². The summed E-state index contributed by atoms with van der Waals surface area (Å²) in [6.07, 6.45) is 3.27. The Balaban J connectivity index is 1.34. The van der Waals surface area contributed by atoms with Crippen LogP contribution in [0.15, 0.2) is 52.9 Å². The lowest BCUT2D eigenvalue weighted by molar-refractivity contribution is -0.119. The number of halogens is 1. The van der Waals surface area contributed by atoms with Crippen LogP contribution in [0.1, 0.15) is 40.3 Å². The van der Waals surface area contributed by atoms with Crippen molar-refractivity contribution < 1.29 is 23.1 Å². The molecule has 0 fully saturated rings. The molecule has 0 radical (unpaired) electrons. The van der Waals surface area contributed by atoms with Gasteiger partial charge in [-0.2, -0.15) is 10.4 Å². The monoisotopic (exact) mass is 458 g/mol. The number of nitrogens with one attached hydrogen (secondary N) is 1. The fourth-order valence-corrected chi connectivity index (χ4v) is 4.18. The van der Waals surface area contributed by atoms with Crippen molar-refractivity contribution in [3.8, 4) is 11.8 Å². The molecule has 5 rings (SSSR count). The van der Waals surface area contributed by atoms with Crippen molar-refractivity contribution in [2.24, 2.45) is 0 Å². The molecule has 2 heterocycles. The number of carbonyl (C=O) groups is 2. The lowest BCUT2D eigenvalue weighted by Crippen LogP contribution is -2.22. The molecule has 2 aromatic carbocycles. The third-order valence-electron chi connectivity index (χ3n) is 5.74. The number of hydrogen-bond donors (Lipinski definition) is 1. The Morgan fingerprint density at radius 3 is 2.71 bits per heavy atom. The number of ether oxygens (including phenoxy) is 1. The molecule has 0 spiro atoms. The van der Waals surface area contributed by atoms with Crippen LogP contribution in [0, 0.1) is 17.1 Å². The summed E-state index contributed by atoms with van der Waals surface area (Å²) in [5, 5.41) is 16.9. The van der Waals surface area contributed by atoms with E-state index in [0.717, 1.165) is 30.5 Å². The molecule has 0 saturated heterocycles. The number of carbonyl (C=O) groups excluding carboxylic acids is 2. The molecule has 0 saturated carbocycles. The fraction of sp³-hybridized carbons (Fsp3) is 0.200. The van der Waals surface area contributed by atoms with Gasteiger partial charge >= 0.3 is 5.97 Å². The fourth-order valence-electron chi connectivity index (χ4n) is 4.18. The van der Waals surface area contributed by atoms with Gasteiger partial charge in [0.05, 0.1) is 5.69 Å². The molecule has 0 unspecified atom stereocenters. The number of esters is 1. The Hall–Kier alpha value is -4.45. The van der Waals surface area contributed by atoms with Gasteiger partial charge in [0.2, 0.25) is 5.76 Å². The summed E-state index contributed by atoms with van der Waals surface area (Å²) in [5.74, 6) is -1.72. The zero-order valence-electron chi connectivity index (χ0n) is 18.0. The highest BCUT2D eigenvalue weighted by Gasteiger charge is 2.27. The number of fused-ring (bicyclic) bond motifs is 2. The minimum absolute atomic E-state index is 0.0343. The quantitative estimate of drug-likeness (QED) is 0.447. The number of furan rings is 1. The number of nitrogens with zero attached hydrogens (tertiary/aromatic N) is 3. The van der Waals surface area contributed by atoms with E-state index in [9.17, 15) is 19.2 Å². The Kier molecular flexibility index (Phi) is 5.55. The van der Waals surface area contributed by atoms with Gasteiger partial charge in [0, 0.05) is 16.6 Å². The Morgan fingerprint density at radius 2 is 1.91 bits per heavy atom. The smallest absolute Gasteiger partial charge is 0.359 e. The van der Waals surface area contributed by atoms with Gasteiger partial charge in [-0.05, 0) is 62.1 Å². The number of hydrogen-bond acceptors (Lipinski definition) is 6. The number of benzene rings is 2. The second-order valence-corrected chi connectivity index (χ2v) is 7.91. The van der Waals surface area contributed by atoms with Crippen molar-refractivity contribution in [3.63, 3.8) is 0 Å². The first-order chi connectivity index (χ1) is 16.5. The normalized spacial score (nSPS) is 12.7. The van der Waals surface area contributed by atoms with Gasteiger partial charge in [-0.15, -0.1) is 0 Å². The van der Waals surface area contributed by atoms with E-state index in [1.165, 1.54) is 12.1 Å². The highest BCUT2D eigenvalue weighted by molar-refractivity contribution is 6.03. The van der Waals surface area contributed by atoms with Crippen molar-refractivity contribution in [2.45, 2.75) is 25.7 Å². The van der Waals surface area contributed by atoms with Gasteiger partial charge in [-0.1, -0.05) is 12.1 Å². The zero-order valence-corrected chi connectivity index (χ0v) is 18.0. The topological polar surface area (TPSA) is 110 Å². The maximum atomic E-state index is 13.4. The standard InChI is InChI=1S/C25H19FN4O4/c26-15-9-11-16(12-10-15)30-19-7-3-1-5-17(19)24(29-30)25(32)33-14-22(31)28-23-18-6-2-4-8-20(18)34-21(23)13-27/h2,4,6,8-12H,1,3,5,7,14H2,(H,28,31). The van der Waals surface area contributed by atoms with Crippen LogP contribution < -0.4 is 5.32 Å². The summed E-state index contributed by atoms with van der Waals surface area (Å²) < 4.78 is 25.7. The molecule has 0 atom stereocenters. The number of anilines is 1. The van der Waals surface area contributed by atoms with Gasteiger partial charge in [-0.25, -0.2) is 13.9 Å². The predicted molar refractivity (Wildman–Crippen MR) is 120 cm³/mol. The van der Waals surface area contributed by atoms with E-state index >= 15 is 0 Å². The van der Waals surface area contributed by atoms with E-state index in [1.54, 1.807) is 41.1 Å². The second-order valence-electron chi connectivity index (χ2n) is 7.91. The first-order valence-corrected chi connectivity index (χ1v) is 10.8. The highest BCUT2D eigenvalue weighted by Crippen LogP contribution is 2.30. The van der Waals surface area contributed by atoms with E-state index in [-0.39, 0.29) is 23.0 Å². The summed E-state index contributed by atoms with van der Waals surface area (Å²) in [5.41, 5.74) is 3.17. The lowest BCUT2D eigenvalue weighted by Gasteiger charge is -2.14. The average molecular weight is 458 g/mol. The SMILES string of the molecule is N#Cc1oc2ccccc2c1NC(=O)COC(=O)c1nn(-c2ccc(F)cc2)c2c1CCCC2. The first-order valence-electron chi connectivity index (χ1n) is 10.8. The molecule has 1 aliphatic rings. The molecule has 2 aromatic heterocycles. The van der Waals surface area contributed by atoms with E-state index < -0.39 is 18.5 Å². The number of aromatic nitrogens is 2. The molecule has 4 aromatic rings. The number of amides is 1. The van der Waals surface area contributed by atoms with E-state index in [1.807, 2.05) is 6.07 Å². The number of para-hydroxylation sites is 1. The molecule has 0 bridgehead atoms. The van der Waals surface area contributed by atoms with Crippen LogP contribution in [0.5, 0.6) is 0 Å². The van der Waals surface area contributed by atoms with Crippen molar-refractivity contribution in [3.05, 3.63) is 77.1 Å². The summed E-state index contributed by atoms with van der Waals surface area (Å²) in [4.78, 5) is 25.4. The average Bonchev–Trinajstić information content (AvgIpc) is 3.42. The molecule has 9 heteroatoms. The molecule has 170 valence electrons. The largest absolute Gasteiger partial charge is 0.451 e. The molecule has 1 aliphatic carbocycles. The number of rotatable bonds is 5. The molecule has 34 heavy (non-hydrogen) atoms. The van der Waals surface area contributed by atoms with Crippen LogP contribution in [0.2, 0.25) is 0 Å². The molecule has 1 amide bonds. The van der Waals surface area contributed by atoms with Crippen molar-refractivity contribution in [1.82, 2.24) is 9.78 Å². The van der Waals surface area contributed by atoms with Crippen molar-refractivity contribution in [2.75, 3.05) is 11.9 Å². The van der Waals surface area contributed by atoms with Crippen molar-refractivity contribution in [1.29, 1.82) is 5.26 Å². The summed E-state index contributed by atoms with van der Waals surface area (Å²) in [6, 6.07) is 14.7. The van der Waals surface area contributed by atoms with E-state index in [2.05, 4.69) is 10.4 Å². The zero-order chi connectivity index (χ0) is 23.7. The third kappa shape index (κ3) is 3.90. The van der Waals surface area contributed by atoms with Crippen molar-refractivity contribution >= 4 is 28.5 Å². The molecule has 1 N–H and O–H groups in total. The van der Waals surface area contributed by atoms with Crippen LogP contribution >= 0.6 is 0 Å². The van der Waals surface area contributed by atoms with Gasteiger partial charge < -0.3 is 14.5 Å². The van der Waals surface area contributed by atoms with Crippen LogP contribution in [0.4, 0.5) is 10.1 Å². The Morgan fingerprint density at radius 1 is 1.15 bits per heavy atom. The summed E-state index contributed by atoms with van der Waals surface area (Å²) in [6.45, 7) is -0.554.